The van der Waals surface area contributed by atoms with E-state index in [0.717, 1.165) is 73.5 Å². The molecule has 63 heavy (non-hydrogen) atoms. The van der Waals surface area contributed by atoms with Crippen LogP contribution in [0.2, 0.25) is 0 Å². The smallest absolute Gasteiger partial charge is 0.408 e. The predicted octanol–water partition coefficient (Wildman–Crippen LogP) is 7.68. The lowest BCUT2D eigenvalue weighted by Crippen LogP contribution is -2.51. The molecule has 5 heterocycles. The van der Waals surface area contributed by atoms with Crippen molar-refractivity contribution in [2.24, 2.45) is 5.92 Å². The lowest BCUT2D eigenvalue weighted by atomic mass is 9.71. The average Bonchev–Trinajstić information content (AvgIpc) is 4.15. The molecule has 1 aliphatic carbocycles. The van der Waals surface area contributed by atoms with Gasteiger partial charge >= 0.3 is 12.2 Å². The molecule has 4 N–H and O–H groups in total. The fraction of sp³-hybridized carbons (Fsp3) is 0.500. The Labute approximate surface area is 368 Å². The Kier molecular flexibility index (Phi) is 13.3. The van der Waals surface area contributed by atoms with Crippen LogP contribution in [0.3, 0.4) is 0 Å². The van der Waals surface area contributed by atoms with E-state index in [4.69, 9.17) is 24.2 Å². The lowest BCUT2D eigenvalue weighted by Gasteiger charge is -2.33. The van der Waals surface area contributed by atoms with E-state index in [9.17, 15) is 19.2 Å². The number of hydrogen-bond acceptors (Lipinski definition) is 9. The van der Waals surface area contributed by atoms with Crippen molar-refractivity contribution in [2.45, 2.75) is 114 Å². The molecule has 2 aromatic heterocycles. The number of aromatic nitrogens is 4. The molecule has 0 saturated carbocycles. The third kappa shape index (κ3) is 9.68. The van der Waals surface area contributed by atoms with Crippen LogP contribution in [-0.2, 0) is 29.2 Å². The van der Waals surface area contributed by atoms with Crippen LogP contribution in [0.1, 0.15) is 125 Å². The van der Waals surface area contributed by atoms with E-state index in [0.29, 0.717) is 44.7 Å². The van der Waals surface area contributed by atoms with Gasteiger partial charge < -0.3 is 44.6 Å². The number of H-pyrrole nitrogens is 2. The molecule has 0 radical (unpaired) electrons. The fourth-order valence-corrected chi connectivity index (χ4v) is 9.55. The molecule has 2 aromatic carbocycles. The molecule has 334 valence electrons. The average molecular weight is 861 g/mol. The number of nitrogens with zero attached hydrogens (tertiary/aromatic N) is 4. The molecule has 3 fully saturated rings. The number of hydrogen-bond donors (Lipinski definition) is 4. The third-order valence-electron chi connectivity index (χ3n) is 13.4. The van der Waals surface area contributed by atoms with Crippen molar-refractivity contribution >= 4 is 29.6 Å². The molecule has 8 rings (SSSR count). The van der Waals surface area contributed by atoms with Crippen LogP contribution in [0.4, 0.5) is 9.59 Å². The first-order valence-electron chi connectivity index (χ1n) is 22.5. The number of aromatic amines is 2. The molecule has 15 heteroatoms. The summed E-state index contributed by atoms with van der Waals surface area (Å²) in [5, 5.41) is 5.59. The van der Waals surface area contributed by atoms with Crippen molar-refractivity contribution in [1.29, 1.82) is 0 Å². The highest BCUT2D eigenvalue weighted by Gasteiger charge is 2.39. The monoisotopic (exact) mass is 860 g/mol. The maximum absolute atomic E-state index is 14.3. The van der Waals surface area contributed by atoms with E-state index in [1.165, 1.54) is 18.2 Å². The van der Waals surface area contributed by atoms with Crippen molar-refractivity contribution in [1.82, 2.24) is 40.4 Å². The number of ether oxygens (including phenoxy) is 3. The van der Waals surface area contributed by atoms with Gasteiger partial charge in [-0.3, -0.25) is 9.59 Å². The Morgan fingerprint density at radius 2 is 1.44 bits per heavy atom. The number of allylic oxidation sites excluding steroid dienone is 2. The van der Waals surface area contributed by atoms with Crippen molar-refractivity contribution in [3.63, 3.8) is 0 Å². The van der Waals surface area contributed by atoms with Crippen molar-refractivity contribution < 1.29 is 33.4 Å². The summed E-state index contributed by atoms with van der Waals surface area (Å²) in [5.41, 5.74) is 5.99. The maximum Gasteiger partial charge on any atom is 0.408 e. The number of rotatable bonds is 12. The van der Waals surface area contributed by atoms with Gasteiger partial charge in [-0.2, -0.15) is 0 Å². The van der Waals surface area contributed by atoms with Crippen LogP contribution in [-0.4, -0.2) is 99.3 Å². The van der Waals surface area contributed by atoms with Crippen LogP contribution in [0.5, 0.6) is 0 Å². The van der Waals surface area contributed by atoms with Gasteiger partial charge in [-0.25, -0.2) is 19.6 Å². The minimum Gasteiger partial charge on any atom is -0.453 e. The second-order valence-electron chi connectivity index (χ2n) is 17.9. The largest absolute Gasteiger partial charge is 0.453 e. The van der Waals surface area contributed by atoms with E-state index in [2.05, 4.69) is 57.9 Å². The van der Waals surface area contributed by atoms with Crippen LogP contribution in [0, 0.1) is 5.92 Å². The Morgan fingerprint density at radius 3 is 2.06 bits per heavy atom. The second kappa shape index (κ2) is 19.2. The number of benzene rings is 2. The number of imidazole rings is 2. The number of carbonyl (C=O) groups excluding carboxylic acids is 4. The first-order valence-corrected chi connectivity index (χ1v) is 22.5. The normalized spacial score (nSPS) is 22.7. The molecule has 3 aliphatic heterocycles. The Morgan fingerprint density at radius 1 is 0.810 bits per heavy atom. The highest BCUT2D eigenvalue weighted by atomic mass is 16.6. The fourth-order valence-electron chi connectivity index (χ4n) is 9.55. The SMILES string of the molecule is COC(=O)N[C@H](C(=O)N1CCC[C@H]1c1ncc(-c2ccc(C3(C)CC=C(c4cnc([C@@H]5CCCN5C(=O)[C@H](NC(=O)OC5CCOCC5)c5ccccc5)[nH]4)CC3)cc2)[nH]1)C(C)C. The van der Waals surface area contributed by atoms with Gasteiger partial charge in [0, 0.05) is 25.9 Å². The van der Waals surface area contributed by atoms with Gasteiger partial charge in [-0.15, -0.1) is 0 Å². The summed E-state index contributed by atoms with van der Waals surface area (Å²) in [4.78, 5) is 73.3. The summed E-state index contributed by atoms with van der Waals surface area (Å²) in [5.74, 6) is 1.07. The first-order chi connectivity index (χ1) is 30.5. The van der Waals surface area contributed by atoms with Gasteiger partial charge in [0.15, 0.2) is 0 Å². The van der Waals surface area contributed by atoms with Gasteiger partial charge in [0.1, 0.15) is 29.8 Å². The summed E-state index contributed by atoms with van der Waals surface area (Å²) < 4.78 is 15.9. The third-order valence-corrected chi connectivity index (χ3v) is 13.4. The van der Waals surface area contributed by atoms with E-state index in [-0.39, 0.29) is 41.3 Å². The summed E-state index contributed by atoms with van der Waals surface area (Å²) >= 11 is 0. The van der Waals surface area contributed by atoms with Crippen LogP contribution < -0.4 is 10.6 Å². The Bertz CT molecular complexity index is 2270. The Balaban J connectivity index is 0.903. The van der Waals surface area contributed by atoms with E-state index < -0.39 is 24.3 Å². The minimum atomic E-state index is -0.889. The topological polar surface area (TPSA) is 184 Å². The Hall–Kier alpha value is -5.96. The van der Waals surface area contributed by atoms with Gasteiger partial charge in [0.25, 0.3) is 5.91 Å². The molecular weight excluding hydrogens is 801 g/mol. The lowest BCUT2D eigenvalue weighted by molar-refractivity contribution is -0.136. The second-order valence-corrected chi connectivity index (χ2v) is 17.9. The molecule has 3 saturated heterocycles. The number of carbonyl (C=O) groups is 4. The molecule has 0 bridgehead atoms. The summed E-state index contributed by atoms with van der Waals surface area (Å²) in [7, 11) is 1.30. The standard InChI is InChI=1S/C48H60N8O7/c1-30(2)40(53-46(59)61-4)44(57)55-24-8-12-38(55)42-49-28-36(51-42)31-14-16-34(17-15-31)48(3)22-18-32(19-23-48)37-29-50-43(52-37)39-13-9-25-56(39)45(58)41(33-10-6-5-7-11-33)54-47(60)63-35-20-26-62-27-21-35/h5-7,10-11,14-18,28-30,35,38-41H,8-9,12-13,19-27H2,1-4H3,(H,49,51)(H,50,52)(H,53,59)(H,54,60)/t38-,39-,40-,41+,48?/m0/s1. The number of amides is 4. The summed E-state index contributed by atoms with van der Waals surface area (Å²) in [6.07, 6.45) is 11.8. The molecule has 4 amide bonds. The summed E-state index contributed by atoms with van der Waals surface area (Å²) in [6.45, 7) is 8.39. The van der Waals surface area contributed by atoms with E-state index >= 15 is 0 Å². The number of likely N-dealkylation sites (tertiary alicyclic amines) is 2. The number of methoxy groups -OCH3 is 1. The van der Waals surface area contributed by atoms with Gasteiger partial charge in [0.05, 0.1) is 56.2 Å². The molecule has 4 aliphatic rings. The van der Waals surface area contributed by atoms with Gasteiger partial charge in [0.2, 0.25) is 5.91 Å². The van der Waals surface area contributed by atoms with Crippen LogP contribution in [0.15, 0.2) is 73.1 Å². The molecule has 15 nitrogen and oxygen atoms in total. The van der Waals surface area contributed by atoms with Gasteiger partial charge in [-0.1, -0.05) is 81.4 Å². The van der Waals surface area contributed by atoms with Crippen molar-refractivity contribution in [2.75, 3.05) is 33.4 Å². The molecule has 1 unspecified atom stereocenters. The number of alkyl carbamates (subject to hydrolysis) is 2. The van der Waals surface area contributed by atoms with Crippen LogP contribution >= 0.6 is 0 Å². The highest BCUT2D eigenvalue weighted by Crippen LogP contribution is 2.42. The molecule has 0 spiro atoms. The predicted molar refractivity (Wildman–Crippen MR) is 236 cm³/mol. The molecular formula is C48H60N8O7. The van der Waals surface area contributed by atoms with Gasteiger partial charge in [-0.05, 0) is 78.5 Å². The molecule has 4 aromatic rings. The number of nitrogens with one attached hydrogen (secondary N) is 4. The maximum atomic E-state index is 14.3. The summed E-state index contributed by atoms with van der Waals surface area (Å²) in [6, 6.07) is 16.0. The zero-order valence-electron chi connectivity index (χ0n) is 36.7. The van der Waals surface area contributed by atoms with Crippen molar-refractivity contribution in [3.05, 3.63) is 102 Å². The van der Waals surface area contributed by atoms with Crippen molar-refractivity contribution in [3.8, 4) is 11.3 Å². The zero-order chi connectivity index (χ0) is 44.1. The molecule has 5 atom stereocenters. The van der Waals surface area contributed by atoms with E-state index in [1.54, 1.807) is 0 Å². The minimum absolute atomic E-state index is 0.0556. The first kappa shape index (κ1) is 43.7. The highest BCUT2D eigenvalue weighted by molar-refractivity contribution is 5.88. The quantitative estimate of drug-likeness (QED) is 0.111. The zero-order valence-corrected chi connectivity index (χ0v) is 36.7. The van der Waals surface area contributed by atoms with E-state index in [1.807, 2.05) is 66.4 Å². The van der Waals surface area contributed by atoms with Crippen LogP contribution in [0.25, 0.3) is 16.8 Å².